The van der Waals surface area contributed by atoms with E-state index in [9.17, 15) is 4.79 Å². The minimum atomic E-state index is 0.0571. The predicted molar refractivity (Wildman–Crippen MR) is 82.4 cm³/mol. The number of piperazine rings is 1. The van der Waals surface area contributed by atoms with E-state index < -0.39 is 0 Å². The lowest BCUT2D eigenvalue weighted by molar-refractivity contribution is 0.0621. The molecule has 1 saturated heterocycles. The Balaban J connectivity index is 1.88. The first-order valence-electron chi connectivity index (χ1n) is 7.72. The summed E-state index contributed by atoms with van der Waals surface area (Å²) in [6.07, 6.45) is 1.19. The van der Waals surface area contributed by atoms with Gasteiger partial charge >= 0.3 is 0 Å². The Morgan fingerprint density at radius 3 is 2.29 bits per heavy atom. The van der Waals surface area contributed by atoms with Gasteiger partial charge in [-0.2, -0.15) is 0 Å². The van der Waals surface area contributed by atoms with Crippen LogP contribution in [-0.2, 0) is 0 Å². The first kappa shape index (κ1) is 16.0. The van der Waals surface area contributed by atoms with Crippen molar-refractivity contribution in [3.63, 3.8) is 0 Å². The third kappa shape index (κ3) is 4.06. The summed E-state index contributed by atoms with van der Waals surface area (Å²) >= 11 is 0. The van der Waals surface area contributed by atoms with Gasteiger partial charge in [-0.15, -0.1) is 0 Å². The summed E-state index contributed by atoms with van der Waals surface area (Å²) in [5.74, 6) is 0.675. The number of rotatable bonds is 3. The Bertz CT molecular complexity index is 475. The maximum absolute atomic E-state index is 12.5. The summed E-state index contributed by atoms with van der Waals surface area (Å²) in [6.45, 7) is 15.0. The van der Waals surface area contributed by atoms with Crippen LogP contribution < -0.4 is 0 Å². The smallest absolute Gasteiger partial charge is 0.259 e. The monoisotopic (exact) mass is 293 g/mol. The zero-order chi connectivity index (χ0) is 15.6. The second-order valence-electron chi connectivity index (χ2n) is 7.14. The van der Waals surface area contributed by atoms with Crippen molar-refractivity contribution in [1.29, 1.82) is 0 Å². The normalized spacial score (nSPS) is 17.3. The minimum absolute atomic E-state index is 0.0571. The molecule has 21 heavy (non-hydrogen) atoms. The molecule has 0 saturated carbocycles. The lowest BCUT2D eigenvalue weighted by Gasteiger charge is -2.35. The fraction of sp³-hybridized carbons (Fsp3) is 0.750. The largest absolute Gasteiger partial charge is 0.361 e. The molecule has 0 bridgehead atoms. The van der Waals surface area contributed by atoms with Crippen LogP contribution in [0.15, 0.2) is 4.52 Å². The van der Waals surface area contributed by atoms with E-state index in [0.29, 0.717) is 22.4 Å². The molecule has 1 aromatic rings. The molecular formula is C16H27N3O2. The van der Waals surface area contributed by atoms with Gasteiger partial charge in [0.2, 0.25) is 0 Å². The van der Waals surface area contributed by atoms with Gasteiger partial charge in [0.15, 0.2) is 0 Å². The van der Waals surface area contributed by atoms with Gasteiger partial charge in [-0.05, 0) is 32.2 Å². The zero-order valence-corrected chi connectivity index (χ0v) is 13.9. The molecule has 0 atom stereocenters. The van der Waals surface area contributed by atoms with Gasteiger partial charge in [0.25, 0.3) is 5.91 Å². The summed E-state index contributed by atoms with van der Waals surface area (Å²) in [5.41, 5.74) is 1.69. The average Bonchev–Trinajstić information content (AvgIpc) is 2.75. The molecule has 0 aromatic carbocycles. The van der Waals surface area contributed by atoms with Gasteiger partial charge < -0.3 is 9.42 Å². The summed E-state index contributed by atoms with van der Waals surface area (Å²) in [7, 11) is 0. The van der Waals surface area contributed by atoms with E-state index >= 15 is 0 Å². The van der Waals surface area contributed by atoms with E-state index in [2.05, 4.69) is 30.8 Å². The van der Waals surface area contributed by atoms with E-state index in [-0.39, 0.29) is 5.91 Å². The molecular weight excluding hydrogens is 266 g/mol. The lowest BCUT2D eigenvalue weighted by Crippen LogP contribution is -2.49. The molecule has 2 rings (SSSR count). The third-order valence-corrected chi connectivity index (χ3v) is 4.08. The number of aromatic nitrogens is 1. The van der Waals surface area contributed by atoms with Crippen molar-refractivity contribution >= 4 is 5.91 Å². The standard InChI is InChI=1S/C16H27N3O2/c1-12-14(13(2)21-17-12)15(20)19-10-8-18(9-11-19)7-6-16(3,4)5/h6-11H2,1-5H3. The van der Waals surface area contributed by atoms with Crippen LogP contribution >= 0.6 is 0 Å². The predicted octanol–water partition coefficient (Wildman–Crippen LogP) is 2.49. The molecule has 0 unspecified atom stereocenters. The van der Waals surface area contributed by atoms with Crippen LogP contribution in [0.1, 0.15) is 49.0 Å². The Kier molecular flexibility index (Phi) is 4.71. The third-order valence-electron chi connectivity index (χ3n) is 4.08. The molecule has 0 aliphatic carbocycles. The summed E-state index contributed by atoms with van der Waals surface area (Å²) in [4.78, 5) is 16.9. The second kappa shape index (κ2) is 6.18. The highest BCUT2D eigenvalue weighted by Crippen LogP contribution is 2.20. The number of amides is 1. The molecule has 0 spiro atoms. The molecule has 5 heteroatoms. The van der Waals surface area contributed by atoms with Crippen LogP contribution in [0.4, 0.5) is 0 Å². The van der Waals surface area contributed by atoms with E-state index in [1.807, 2.05) is 11.8 Å². The molecule has 1 aliphatic heterocycles. The number of hydrogen-bond acceptors (Lipinski definition) is 4. The van der Waals surface area contributed by atoms with Gasteiger partial charge in [-0.3, -0.25) is 9.69 Å². The highest BCUT2D eigenvalue weighted by Gasteiger charge is 2.26. The minimum Gasteiger partial charge on any atom is -0.361 e. The molecule has 0 N–H and O–H groups in total. The zero-order valence-electron chi connectivity index (χ0n) is 13.9. The first-order valence-corrected chi connectivity index (χ1v) is 7.72. The second-order valence-corrected chi connectivity index (χ2v) is 7.14. The van der Waals surface area contributed by atoms with Crippen molar-refractivity contribution in [2.24, 2.45) is 5.41 Å². The van der Waals surface area contributed by atoms with Crippen LogP contribution in [0.5, 0.6) is 0 Å². The quantitative estimate of drug-likeness (QED) is 0.859. The average molecular weight is 293 g/mol. The first-order chi connectivity index (χ1) is 9.78. The SMILES string of the molecule is Cc1noc(C)c1C(=O)N1CCN(CCC(C)(C)C)CC1. The summed E-state index contributed by atoms with van der Waals surface area (Å²) < 4.78 is 5.10. The molecule has 0 radical (unpaired) electrons. The van der Waals surface area contributed by atoms with Crippen molar-refractivity contribution in [3.8, 4) is 0 Å². The fourth-order valence-corrected chi connectivity index (χ4v) is 2.61. The number of hydrogen-bond donors (Lipinski definition) is 0. The van der Waals surface area contributed by atoms with Gasteiger partial charge in [0, 0.05) is 26.2 Å². The summed E-state index contributed by atoms with van der Waals surface area (Å²) in [5, 5.41) is 3.87. The number of nitrogens with zero attached hydrogens (tertiary/aromatic N) is 3. The van der Waals surface area contributed by atoms with E-state index in [1.165, 1.54) is 6.42 Å². The van der Waals surface area contributed by atoms with Crippen LogP contribution in [0.3, 0.4) is 0 Å². The molecule has 2 heterocycles. The molecule has 1 aliphatic rings. The maximum atomic E-state index is 12.5. The van der Waals surface area contributed by atoms with Crippen molar-refractivity contribution in [3.05, 3.63) is 17.0 Å². The van der Waals surface area contributed by atoms with Crippen molar-refractivity contribution < 1.29 is 9.32 Å². The number of aryl methyl sites for hydroxylation is 2. The Morgan fingerprint density at radius 2 is 1.81 bits per heavy atom. The van der Waals surface area contributed by atoms with Gasteiger partial charge in [0.1, 0.15) is 11.3 Å². The van der Waals surface area contributed by atoms with Crippen LogP contribution in [-0.4, -0.2) is 53.6 Å². The molecule has 1 amide bonds. The lowest BCUT2D eigenvalue weighted by atomic mass is 9.92. The molecule has 1 fully saturated rings. The Hall–Kier alpha value is -1.36. The van der Waals surface area contributed by atoms with Crippen LogP contribution in [0.25, 0.3) is 0 Å². The van der Waals surface area contributed by atoms with Crippen molar-refractivity contribution in [2.75, 3.05) is 32.7 Å². The van der Waals surface area contributed by atoms with E-state index in [1.54, 1.807) is 6.92 Å². The highest BCUT2D eigenvalue weighted by atomic mass is 16.5. The Labute approximate surface area is 127 Å². The number of carbonyl (C=O) groups excluding carboxylic acids is 1. The summed E-state index contributed by atoms with van der Waals surface area (Å²) in [6, 6.07) is 0. The van der Waals surface area contributed by atoms with Gasteiger partial charge in [0.05, 0.1) is 5.69 Å². The topological polar surface area (TPSA) is 49.6 Å². The van der Waals surface area contributed by atoms with Crippen LogP contribution in [0, 0.1) is 19.3 Å². The highest BCUT2D eigenvalue weighted by molar-refractivity contribution is 5.96. The van der Waals surface area contributed by atoms with Crippen LogP contribution in [0.2, 0.25) is 0 Å². The van der Waals surface area contributed by atoms with E-state index in [4.69, 9.17) is 4.52 Å². The molecule has 118 valence electrons. The maximum Gasteiger partial charge on any atom is 0.259 e. The Morgan fingerprint density at radius 1 is 1.19 bits per heavy atom. The van der Waals surface area contributed by atoms with Gasteiger partial charge in [-0.25, -0.2) is 0 Å². The van der Waals surface area contributed by atoms with E-state index in [0.717, 1.165) is 32.7 Å². The van der Waals surface area contributed by atoms with Crippen molar-refractivity contribution in [1.82, 2.24) is 15.0 Å². The van der Waals surface area contributed by atoms with Gasteiger partial charge in [-0.1, -0.05) is 25.9 Å². The molecule has 1 aromatic heterocycles. The number of carbonyl (C=O) groups is 1. The fourth-order valence-electron chi connectivity index (χ4n) is 2.61. The van der Waals surface area contributed by atoms with Crippen molar-refractivity contribution in [2.45, 2.75) is 41.0 Å². The molecule has 5 nitrogen and oxygen atoms in total.